The minimum Gasteiger partial charge on any atom is -0.332 e. The van der Waals surface area contributed by atoms with E-state index in [4.69, 9.17) is 12.2 Å². The molecule has 1 fully saturated rings. The molecule has 2 heterocycles. The quantitative estimate of drug-likeness (QED) is 0.703. The van der Waals surface area contributed by atoms with E-state index in [1.54, 1.807) is 4.90 Å². The summed E-state index contributed by atoms with van der Waals surface area (Å²) in [6, 6.07) is 8.23. The third-order valence-electron chi connectivity index (χ3n) is 3.59. The molecule has 3 rings (SSSR count). The standard InChI is InChI=1S/C13H14N2OS/c1-2-14-12(16)11-7-9-5-3-4-6-10(9)8-15(11)13(14)17/h3-6,11H,2,7-8H2,1H3. The van der Waals surface area contributed by atoms with Gasteiger partial charge in [0, 0.05) is 19.5 Å². The second kappa shape index (κ2) is 3.81. The molecule has 88 valence electrons. The second-order valence-electron chi connectivity index (χ2n) is 4.48. The molecular formula is C13H14N2OS. The topological polar surface area (TPSA) is 23.6 Å². The molecular weight excluding hydrogens is 232 g/mol. The molecule has 1 atom stereocenters. The first-order valence-corrected chi connectivity index (χ1v) is 6.32. The molecule has 1 aromatic carbocycles. The van der Waals surface area contributed by atoms with Gasteiger partial charge >= 0.3 is 0 Å². The Labute approximate surface area is 106 Å². The van der Waals surface area contributed by atoms with Crippen LogP contribution in [0.3, 0.4) is 0 Å². The van der Waals surface area contributed by atoms with E-state index in [9.17, 15) is 4.79 Å². The molecule has 0 bridgehead atoms. The lowest BCUT2D eigenvalue weighted by Gasteiger charge is -2.30. The summed E-state index contributed by atoms with van der Waals surface area (Å²) in [6.07, 6.45) is 0.783. The highest BCUT2D eigenvalue weighted by Gasteiger charge is 2.43. The minimum absolute atomic E-state index is 0.0719. The molecule has 0 saturated carbocycles. The van der Waals surface area contributed by atoms with Crippen molar-refractivity contribution in [1.29, 1.82) is 0 Å². The molecule has 0 N–H and O–H groups in total. The molecule has 0 radical (unpaired) electrons. The summed E-state index contributed by atoms with van der Waals surface area (Å²) in [4.78, 5) is 16.0. The number of thiocarbonyl (C=S) groups is 1. The Bertz CT molecular complexity index is 457. The smallest absolute Gasteiger partial charge is 0.251 e. The average Bonchev–Trinajstić information content (AvgIpc) is 2.59. The highest BCUT2D eigenvalue weighted by atomic mass is 32.1. The maximum absolute atomic E-state index is 12.2. The fraction of sp³-hybridized carbons (Fsp3) is 0.385. The van der Waals surface area contributed by atoms with Gasteiger partial charge in [-0.3, -0.25) is 9.69 Å². The van der Waals surface area contributed by atoms with Crippen molar-refractivity contribution in [1.82, 2.24) is 9.80 Å². The summed E-state index contributed by atoms with van der Waals surface area (Å²) in [7, 11) is 0. The van der Waals surface area contributed by atoms with Gasteiger partial charge in [0.15, 0.2) is 5.11 Å². The van der Waals surface area contributed by atoms with Crippen LogP contribution in [0.15, 0.2) is 24.3 Å². The van der Waals surface area contributed by atoms with Crippen LogP contribution in [0.5, 0.6) is 0 Å². The van der Waals surface area contributed by atoms with Gasteiger partial charge in [0.25, 0.3) is 5.91 Å². The zero-order valence-corrected chi connectivity index (χ0v) is 10.5. The first-order valence-electron chi connectivity index (χ1n) is 5.91. The van der Waals surface area contributed by atoms with Crippen LogP contribution in [0, 0.1) is 0 Å². The van der Waals surface area contributed by atoms with Crippen LogP contribution in [0.4, 0.5) is 0 Å². The number of benzene rings is 1. The molecule has 1 unspecified atom stereocenters. The fourth-order valence-corrected chi connectivity index (χ4v) is 3.08. The lowest BCUT2D eigenvalue weighted by Crippen LogP contribution is -2.39. The Morgan fingerprint density at radius 2 is 2.06 bits per heavy atom. The monoisotopic (exact) mass is 246 g/mol. The number of carbonyl (C=O) groups is 1. The largest absolute Gasteiger partial charge is 0.332 e. The van der Waals surface area contributed by atoms with Crippen LogP contribution in [0.2, 0.25) is 0 Å². The Hall–Kier alpha value is -1.42. The molecule has 2 aliphatic rings. The van der Waals surface area contributed by atoms with Gasteiger partial charge in [-0.1, -0.05) is 24.3 Å². The molecule has 1 amide bonds. The van der Waals surface area contributed by atoms with Crippen LogP contribution in [-0.2, 0) is 17.8 Å². The van der Waals surface area contributed by atoms with Crippen LogP contribution in [-0.4, -0.2) is 33.4 Å². The minimum atomic E-state index is -0.0719. The molecule has 0 aromatic heterocycles. The first kappa shape index (κ1) is 10.7. The molecule has 4 heteroatoms. The molecule has 17 heavy (non-hydrogen) atoms. The third kappa shape index (κ3) is 1.47. The van der Waals surface area contributed by atoms with Gasteiger partial charge in [0.2, 0.25) is 0 Å². The highest BCUT2D eigenvalue weighted by molar-refractivity contribution is 7.80. The predicted molar refractivity (Wildman–Crippen MR) is 69.5 cm³/mol. The molecule has 2 aliphatic heterocycles. The van der Waals surface area contributed by atoms with Gasteiger partial charge < -0.3 is 4.90 Å². The summed E-state index contributed by atoms with van der Waals surface area (Å²) >= 11 is 5.37. The van der Waals surface area contributed by atoms with Crippen LogP contribution in [0.25, 0.3) is 0 Å². The number of likely N-dealkylation sites (N-methyl/N-ethyl adjacent to an activating group) is 1. The lowest BCUT2D eigenvalue weighted by molar-refractivity contribution is -0.128. The number of amides is 1. The van der Waals surface area contributed by atoms with Crippen LogP contribution >= 0.6 is 12.2 Å². The first-order chi connectivity index (χ1) is 8.22. The second-order valence-corrected chi connectivity index (χ2v) is 4.85. The number of nitrogens with zero attached hydrogens (tertiary/aromatic N) is 2. The van der Waals surface area contributed by atoms with E-state index in [0.29, 0.717) is 11.7 Å². The van der Waals surface area contributed by atoms with E-state index >= 15 is 0 Å². The molecule has 0 spiro atoms. The van der Waals surface area contributed by atoms with Crippen LogP contribution in [0.1, 0.15) is 18.1 Å². The van der Waals surface area contributed by atoms with E-state index in [-0.39, 0.29) is 11.9 Å². The number of carbonyl (C=O) groups excluding carboxylic acids is 1. The van der Waals surface area contributed by atoms with E-state index in [0.717, 1.165) is 13.0 Å². The Kier molecular flexibility index (Phi) is 2.40. The van der Waals surface area contributed by atoms with Crippen molar-refractivity contribution in [3.8, 4) is 0 Å². The zero-order valence-electron chi connectivity index (χ0n) is 9.72. The van der Waals surface area contributed by atoms with Gasteiger partial charge in [-0.2, -0.15) is 0 Å². The number of rotatable bonds is 1. The van der Waals surface area contributed by atoms with Gasteiger partial charge in [0.05, 0.1) is 0 Å². The van der Waals surface area contributed by atoms with Gasteiger partial charge in [0.1, 0.15) is 6.04 Å². The van der Waals surface area contributed by atoms with Gasteiger partial charge in [-0.15, -0.1) is 0 Å². The Morgan fingerprint density at radius 1 is 1.35 bits per heavy atom. The Balaban J connectivity index is 1.99. The van der Waals surface area contributed by atoms with E-state index in [1.807, 2.05) is 19.1 Å². The Morgan fingerprint density at radius 3 is 2.76 bits per heavy atom. The summed E-state index contributed by atoms with van der Waals surface area (Å²) < 4.78 is 0. The molecule has 1 aromatic rings. The number of hydrogen-bond acceptors (Lipinski definition) is 2. The van der Waals surface area contributed by atoms with Crippen molar-refractivity contribution in [2.24, 2.45) is 0 Å². The number of fused-ring (bicyclic) bond motifs is 2. The highest BCUT2D eigenvalue weighted by Crippen LogP contribution is 2.29. The van der Waals surface area contributed by atoms with Crippen molar-refractivity contribution >= 4 is 23.2 Å². The zero-order chi connectivity index (χ0) is 12.0. The summed E-state index contributed by atoms with van der Waals surface area (Å²) in [6.45, 7) is 3.40. The number of hydrogen-bond donors (Lipinski definition) is 0. The van der Waals surface area contributed by atoms with Gasteiger partial charge in [-0.25, -0.2) is 0 Å². The van der Waals surface area contributed by atoms with Crippen molar-refractivity contribution in [3.05, 3.63) is 35.4 Å². The van der Waals surface area contributed by atoms with Crippen molar-refractivity contribution in [2.45, 2.75) is 25.9 Å². The summed E-state index contributed by atoms with van der Waals surface area (Å²) in [5.74, 6) is 0.159. The fourth-order valence-electron chi connectivity index (χ4n) is 2.66. The SMILES string of the molecule is CCN1C(=O)C2Cc3ccccc3CN2C1=S. The maximum atomic E-state index is 12.2. The normalized spacial score (nSPS) is 22.8. The van der Waals surface area contributed by atoms with E-state index < -0.39 is 0 Å². The predicted octanol–water partition coefficient (Wildman–Crippen LogP) is 1.56. The van der Waals surface area contributed by atoms with Crippen LogP contribution < -0.4 is 0 Å². The molecule has 3 nitrogen and oxygen atoms in total. The van der Waals surface area contributed by atoms with Crippen molar-refractivity contribution in [2.75, 3.05) is 6.54 Å². The maximum Gasteiger partial charge on any atom is 0.251 e. The average molecular weight is 246 g/mol. The van der Waals surface area contributed by atoms with E-state index in [1.165, 1.54) is 11.1 Å². The third-order valence-corrected chi connectivity index (χ3v) is 4.05. The van der Waals surface area contributed by atoms with E-state index in [2.05, 4.69) is 17.0 Å². The lowest BCUT2D eigenvalue weighted by atomic mass is 9.95. The van der Waals surface area contributed by atoms with Crippen molar-refractivity contribution in [3.63, 3.8) is 0 Å². The molecule has 1 saturated heterocycles. The molecule has 0 aliphatic carbocycles. The van der Waals surface area contributed by atoms with Crippen molar-refractivity contribution < 1.29 is 4.79 Å². The summed E-state index contributed by atoms with van der Waals surface area (Å²) in [5.41, 5.74) is 2.57. The van der Waals surface area contributed by atoms with Gasteiger partial charge in [-0.05, 0) is 30.3 Å². The summed E-state index contributed by atoms with van der Waals surface area (Å²) in [5, 5.41) is 0.692.